The molecule has 0 aliphatic carbocycles. The van der Waals surface area contributed by atoms with E-state index in [0.717, 1.165) is 23.3 Å². The Bertz CT molecular complexity index is 524. The molecule has 0 spiro atoms. The number of para-hydroxylation sites is 1. The molecule has 2 aromatic rings. The molecule has 2 nitrogen and oxygen atoms in total. The van der Waals surface area contributed by atoms with Gasteiger partial charge in [-0.25, -0.2) is 0 Å². The summed E-state index contributed by atoms with van der Waals surface area (Å²) in [7, 11) is 0. The van der Waals surface area contributed by atoms with E-state index in [2.05, 4.69) is 32.0 Å². The van der Waals surface area contributed by atoms with Gasteiger partial charge in [0.05, 0.1) is 0 Å². The fourth-order valence-electron chi connectivity index (χ4n) is 2.23. The average molecular weight is 255 g/mol. The molecule has 100 valence electrons. The second-order valence-corrected chi connectivity index (χ2v) is 5.00. The molecule has 0 amide bonds. The van der Waals surface area contributed by atoms with Crippen molar-refractivity contribution in [1.29, 1.82) is 0 Å². The van der Waals surface area contributed by atoms with E-state index in [-0.39, 0.29) is 5.60 Å². The molecule has 0 aromatic heterocycles. The summed E-state index contributed by atoms with van der Waals surface area (Å²) < 4.78 is 6.28. The smallest absolute Gasteiger partial charge is 0.132 e. The third kappa shape index (κ3) is 3.15. The first-order valence-electron chi connectivity index (χ1n) is 6.66. The van der Waals surface area contributed by atoms with E-state index in [0.29, 0.717) is 6.54 Å². The lowest BCUT2D eigenvalue weighted by Gasteiger charge is -2.31. The predicted molar refractivity (Wildman–Crippen MR) is 79.3 cm³/mol. The topological polar surface area (TPSA) is 35.2 Å². The van der Waals surface area contributed by atoms with Crippen LogP contribution in [0.4, 0.5) is 0 Å². The maximum Gasteiger partial charge on any atom is 0.132 e. The van der Waals surface area contributed by atoms with Crippen molar-refractivity contribution in [1.82, 2.24) is 0 Å². The summed E-state index contributed by atoms with van der Waals surface area (Å²) in [5.41, 5.74) is 7.67. The fourth-order valence-corrected chi connectivity index (χ4v) is 2.23. The van der Waals surface area contributed by atoms with Crippen LogP contribution in [0.2, 0.25) is 0 Å². The zero-order valence-corrected chi connectivity index (χ0v) is 11.6. The summed E-state index contributed by atoms with van der Waals surface area (Å²) in [5, 5.41) is 0. The summed E-state index contributed by atoms with van der Waals surface area (Å²) in [6.07, 6.45) is 0.783. The number of rotatable bonds is 5. The van der Waals surface area contributed by atoms with Gasteiger partial charge in [-0.15, -0.1) is 0 Å². The van der Waals surface area contributed by atoms with Gasteiger partial charge in [0.1, 0.15) is 11.4 Å². The summed E-state index contributed by atoms with van der Waals surface area (Å²) in [6.45, 7) is 4.75. The first kappa shape index (κ1) is 13.6. The van der Waals surface area contributed by atoms with Crippen LogP contribution in [0.1, 0.15) is 24.5 Å². The summed E-state index contributed by atoms with van der Waals surface area (Å²) in [6, 6.07) is 18.3. The van der Waals surface area contributed by atoms with Gasteiger partial charge in [0.15, 0.2) is 0 Å². The molecule has 1 atom stereocenters. The lowest BCUT2D eigenvalue weighted by molar-refractivity contribution is 0.0788. The molecule has 0 saturated carbocycles. The Balaban J connectivity index is 2.33. The first-order valence-corrected chi connectivity index (χ1v) is 6.66. The van der Waals surface area contributed by atoms with Crippen molar-refractivity contribution in [2.24, 2.45) is 5.73 Å². The summed E-state index contributed by atoms with van der Waals surface area (Å²) in [4.78, 5) is 0. The number of nitrogens with two attached hydrogens (primary N) is 1. The second-order valence-electron chi connectivity index (χ2n) is 5.00. The van der Waals surface area contributed by atoms with Crippen LogP contribution < -0.4 is 10.5 Å². The van der Waals surface area contributed by atoms with E-state index in [1.807, 2.05) is 36.4 Å². The quantitative estimate of drug-likeness (QED) is 0.885. The van der Waals surface area contributed by atoms with Crippen LogP contribution in [0, 0.1) is 6.92 Å². The molecule has 0 saturated heterocycles. The highest BCUT2D eigenvalue weighted by atomic mass is 16.5. The van der Waals surface area contributed by atoms with E-state index >= 15 is 0 Å². The number of hydrogen-bond donors (Lipinski definition) is 1. The normalized spacial score (nSPS) is 13.8. The molecule has 0 radical (unpaired) electrons. The standard InChI is InChI=1S/C17H21NO/c1-14-8-6-7-11-16(14)19-17(2,12-13-18)15-9-4-3-5-10-15/h3-11H,12-13,18H2,1-2H3. The maximum absolute atomic E-state index is 6.28. The Morgan fingerprint density at radius 1 is 1.00 bits per heavy atom. The van der Waals surface area contributed by atoms with Crippen LogP contribution in [0.15, 0.2) is 54.6 Å². The van der Waals surface area contributed by atoms with Crippen molar-refractivity contribution in [2.75, 3.05) is 6.54 Å². The molecule has 0 aliphatic heterocycles. The Labute approximate surface area is 115 Å². The molecule has 0 heterocycles. The monoisotopic (exact) mass is 255 g/mol. The number of benzene rings is 2. The predicted octanol–water partition coefficient (Wildman–Crippen LogP) is 3.64. The van der Waals surface area contributed by atoms with E-state index in [4.69, 9.17) is 10.5 Å². The molecule has 1 unspecified atom stereocenters. The van der Waals surface area contributed by atoms with Gasteiger partial charge >= 0.3 is 0 Å². The minimum atomic E-state index is -0.387. The lowest BCUT2D eigenvalue weighted by Crippen LogP contribution is -2.32. The van der Waals surface area contributed by atoms with E-state index in [9.17, 15) is 0 Å². The largest absolute Gasteiger partial charge is 0.483 e. The maximum atomic E-state index is 6.28. The van der Waals surface area contributed by atoms with Gasteiger partial charge in [-0.05, 0) is 37.6 Å². The van der Waals surface area contributed by atoms with Gasteiger partial charge in [0.2, 0.25) is 0 Å². The Kier molecular flexibility index (Phi) is 4.23. The zero-order chi connectivity index (χ0) is 13.7. The van der Waals surface area contributed by atoms with E-state index in [1.54, 1.807) is 0 Å². The Morgan fingerprint density at radius 3 is 2.26 bits per heavy atom. The molecule has 0 fully saturated rings. The summed E-state index contributed by atoms with van der Waals surface area (Å²) >= 11 is 0. The first-order chi connectivity index (χ1) is 9.15. The van der Waals surface area contributed by atoms with Gasteiger partial charge < -0.3 is 10.5 Å². The van der Waals surface area contributed by atoms with Crippen molar-refractivity contribution in [3.05, 3.63) is 65.7 Å². The number of hydrogen-bond acceptors (Lipinski definition) is 2. The van der Waals surface area contributed by atoms with E-state index in [1.165, 1.54) is 0 Å². The van der Waals surface area contributed by atoms with Gasteiger partial charge in [-0.1, -0.05) is 48.5 Å². The summed E-state index contributed by atoms with van der Waals surface area (Å²) in [5.74, 6) is 0.919. The Hall–Kier alpha value is -1.80. The second kappa shape index (κ2) is 5.89. The van der Waals surface area contributed by atoms with Crippen LogP contribution >= 0.6 is 0 Å². The van der Waals surface area contributed by atoms with Crippen molar-refractivity contribution in [3.8, 4) is 5.75 Å². The molecule has 2 heteroatoms. The third-order valence-corrected chi connectivity index (χ3v) is 3.43. The molecule has 2 rings (SSSR count). The van der Waals surface area contributed by atoms with Gasteiger partial charge in [0.25, 0.3) is 0 Å². The highest BCUT2D eigenvalue weighted by Crippen LogP contribution is 2.32. The Morgan fingerprint density at radius 2 is 1.63 bits per heavy atom. The molecule has 2 N–H and O–H groups in total. The number of ether oxygens (including phenoxy) is 1. The highest BCUT2D eigenvalue weighted by molar-refractivity contribution is 5.34. The van der Waals surface area contributed by atoms with Crippen molar-refractivity contribution < 1.29 is 4.74 Å². The minimum absolute atomic E-state index is 0.387. The van der Waals surface area contributed by atoms with E-state index < -0.39 is 0 Å². The molecule has 2 aromatic carbocycles. The molecular weight excluding hydrogens is 234 g/mol. The van der Waals surface area contributed by atoms with Crippen molar-refractivity contribution in [2.45, 2.75) is 25.9 Å². The minimum Gasteiger partial charge on any atom is -0.483 e. The third-order valence-electron chi connectivity index (χ3n) is 3.43. The average Bonchev–Trinajstić information content (AvgIpc) is 2.43. The molecular formula is C17H21NO. The van der Waals surface area contributed by atoms with Crippen molar-refractivity contribution in [3.63, 3.8) is 0 Å². The van der Waals surface area contributed by atoms with Gasteiger partial charge in [-0.3, -0.25) is 0 Å². The zero-order valence-electron chi connectivity index (χ0n) is 11.6. The van der Waals surface area contributed by atoms with Crippen molar-refractivity contribution >= 4 is 0 Å². The van der Waals surface area contributed by atoms with Gasteiger partial charge in [0, 0.05) is 6.42 Å². The molecule has 0 aliphatic rings. The lowest BCUT2D eigenvalue weighted by atomic mass is 9.92. The molecule has 19 heavy (non-hydrogen) atoms. The van der Waals surface area contributed by atoms with Crippen LogP contribution in [-0.2, 0) is 5.60 Å². The SMILES string of the molecule is Cc1ccccc1OC(C)(CCN)c1ccccc1. The fraction of sp³-hybridized carbons (Fsp3) is 0.294. The van der Waals surface area contributed by atoms with Gasteiger partial charge in [-0.2, -0.15) is 0 Å². The highest BCUT2D eigenvalue weighted by Gasteiger charge is 2.28. The molecule has 0 bridgehead atoms. The van der Waals surface area contributed by atoms with Crippen LogP contribution in [-0.4, -0.2) is 6.54 Å². The van der Waals surface area contributed by atoms with Crippen LogP contribution in [0.3, 0.4) is 0 Å². The van der Waals surface area contributed by atoms with Crippen LogP contribution in [0.25, 0.3) is 0 Å². The van der Waals surface area contributed by atoms with Crippen LogP contribution in [0.5, 0.6) is 5.75 Å². The number of aryl methyl sites for hydroxylation is 1.